The van der Waals surface area contributed by atoms with Gasteiger partial charge in [0.25, 0.3) is 0 Å². The molecule has 0 saturated carbocycles. The zero-order chi connectivity index (χ0) is 18.0. The molecule has 0 amide bonds. The molecule has 0 atom stereocenters. The molecule has 0 aliphatic rings. The van der Waals surface area contributed by atoms with Gasteiger partial charge in [-0.3, -0.25) is 36.4 Å². The molecule has 8 N–H and O–H groups in total. The third-order valence-electron chi connectivity index (χ3n) is 0. The molecule has 0 aromatic rings. The van der Waals surface area contributed by atoms with E-state index in [-0.39, 0.29) is 38.1 Å². The topological polar surface area (TPSA) is 298 Å². The minimum atomic E-state index is -4.67. The molecule has 0 fully saturated rings. The largest absolute Gasteiger partial charge is 0.394 e. The summed E-state index contributed by atoms with van der Waals surface area (Å²) in [5.74, 6) is 0. The Balaban J connectivity index is -0.0000000376. The van der Waals surface area contributed by atoms with Crippen molar-refractivity contribution < 1.29 is 108 Å². The van der Waals surface area contributed by atoms with Gasteiger partial charge in [-0.15, -0.1) is 0 Å². The van der Waals surface area contributed by atoms with Crippen LogP contribution in [0.1, 0.15) is 0 Å². The van der Waals surface area contributed by atoms with E-state index in [9.17, 15) is 0 Å². The summed E-state index contributed by atoms with van der Waals surface area (Å²) in [6.07, 6.45) is 0. The minimum absolute atomic E-state index is 0. The van der Waals surface area contributed by atoms with E-state index in [2.05, 4.69) is 0 Å². The van der Waals surface area contributed by atoms with Gasteiger partial charge in [0.1, 0.15) is 0 Å². The van der Waals surface area contributed by atoms with Crippen molar-refractivity contribution in [1.82, 2.24) is 0 Å². The van der Waals surface area contributed by atoms with Gasteiger partial charge in [0.15, 0.2) is 0 Å². The maximum absolute atomic E-state index is 8.74. The summed E-state index contributed by atoms with van der Waals surface area (Å²) in [6.45, 7) is 0. The van der Waals surface area contributed by atoms with Crippen LogP contribution in [0.25, 0.3) is 0 Å². The fraction of sp³-hybridized carbons (Fsp3) is 0. The van der Waals surface area contributed by atoms with Gasteiger partial charge in [-0.1, -0.05) is 0 Å². The summed E-state index contributed by atoms with van der Waals surface area (Å²) in [4.78, 5) is 0. The van der Waals surface area contributed by atoms with Crippen LogP contribution in [0.3, 0.4) is 0 Å². The zero-order valence-corrected chi connectivity index (χ0v) is 15.6. The van der Waals surface area contributed by atoms with Crippen LogP contribution in [0.4, 0.5) is 0 Å². The molecule has 0 heterocycles. The quantitative estimate of drug-likeness (QED) is 0.114. The second-order valence-corrected chi connectivity index (χ2v) is 5.37. The van der Waals surface area contributed by atoms with Crippen LogP contribution in [-0.2, 0) is 79.7 Å². The van der Waals surface area contributed by atoms with Gasteiger partial charge in [-0.2, -0.15) is 33.7 Å². The summed E-state index contributed by atoms with van der Waals surface area (Å²) in [5, 5.41) is 0. The minimum Gasteiger partial charge on any atom is -0.264 e. The third-order valence-corrected chi connectivity index (χ3v) is 0. The first-order valence-electron chi connectivity index (χ1n) is 2.79. The summed E-state index contributed by atoms with van der Waals surface area (Å²) < 4.78 is 126. The average Bonchev–Trinajstić information content (AvgIpc) is 1.62. The van der Waals surface area contributed by atoms with E-state index in [1.54, 1.807) is 0 Å². The van der Waals surface area contributed by atoms with Crippen LogP contribution in [-0.4, -0.2) is 70.1 Å². The van der Waals surface area contributed by atoms with Crippen LogP contribution < -0.4 is 0 Å². The maximum Gasteiger partial charge on any atom is 0.394 e. The zero-order valence-electron chi connectivity index (χ0n) is 9.24. The average molecular weight is 544 g/mol. The molecule has 22 heavy (non-hydrogen) atoms. The van der Waals surface area contributed by atoms with Crippen LogP contribution in [0, 0.1) is 0 Å². The second-order valence-electron chi connectivity index (χ2n) is 1.79. The van der Waals surface area contributed by atoms with Gasteiger partial charge < -0.3 is 0 Å². The van der Waals surface area contributed by atoms with Gasteiger partial charge >= 0.3 is 41.6 Å². The molecule has 0 aromatic heterocycles. The van der Waals surface area contributed by atoms with Crippen molar-refractivity contribution in [2.75, 3.05) is 0 Å². The van der Waals surface area contributed by atoms with Crippen molar-refractivity contribution in [1.29, 1.82) is 0 Å². The molecule has 0 aliphatic heterocycles. The Bertz CT molecular complexity index is 479. The third kappa shape index (κ3) is 17000. The Hall–Kier alpha value is 0.688. The molecule has 16 nitrogen and oxygen atoms in total. The molecule has 0 radical (unpaired) electrons. The van der Waals surface area contributed by atoms with E-state index in [4.69, 9.17) is 70.1 Å². The van der Waals surface area contributed by atoms with Crippen molar-refractivity contribution in [2.24, 2.45) is 0 Å². The molecule has 0 bridgehead atoms. The van der Waals surface area contributed by atoms with Crippen molar-refractivity contribution in [3.8, 4) is 0 Å². The first-order valence-corrected chi connectivity index (χ1v) is 8.38. The SMILES string of the molecule is O=S(=O)(O)O.O=S(=O)(O)O.O=S(=O)(O)O.O=S(=O)(O)O.[Fe].[Mo]. The number of hydrogen-bond donors (Lipinski definition) is 8. The fourth-order valence-electron chi connectivity index (χ4n) is 0. The van der Waals surface area contributed by atoms with Gasteiger partial charge in [0.05, 0.1) is 0 Å². The second kappa shape index (κ2) is 15.2. The number of rotatable bonds is 0. The molecular weight excluding hydrogens is 536 g/mol. The Morgan fingerprint density at radius 2 is 0.364 bits per heavy atom. The van der Waals surface area contributed by atoms with Crippen molar-refractivity contribution in [3.05, 3.63) is 0 Å². The van der Waals surface area contributed by atoms with Gasteiger partial charge in [-0.05, 0) is 0 Å². The Morgan fingerprint density at radius 1 is 0.364 bits per heavy atom. The normalized spacial score (nSPS) is 10.5. The van der Waals surface area contributed by atoms with E-state index < -0.39 is 41.6 Å². The smallest absolute Gasteiger partial charge is 0.264 e. The summed E-state index contributed by atoms with van der Waals surface area (Å²) in [7, 11) is -18.7. The summed E-state index contributed by atoms with van der Waals surface area (Å²) in [6, 6.07) is 0. The summed E-state index contributed by atoms with van der Waals surface area (Å²) in [5.41, 5.74) is 0. The first-order chi connectivity index (χ1) is 8.00. The van der Waals surface area contributed by atoms with Gasteiger partial charge in [-0.25, -0.2) is 0 Å². The van der Waals surface area contributed by atoms with Crippen LogP contribution in [0.2, 0.25) is 0 Å². The maximum atomic E-state index is 8.74. The molecule has 0 aromatic carbocycles. The molecule has 0 rings (SSSR count). The summed E-state index contributed by atoms with van der Waals surface area (Å²) >= 11 is 0. The van der Waals surface area contributed by atoms with Crippen LogP contribution in [0.15, 0.2) is 0 Å². The molecule has 0 spiro atoms. The van der Waals surface area contributed by atoms with Crippen molar-refractivity contribution >= 4 is 41.6 Å². The van der Waals surface area contributed by atoms with Gasteiger partial charge in [0.2, 0.25) is 0 Å². The Labute approximate surface area is 149 Å². The van der Waals surface area contributed by atoms with Gasteiger partial charge in [0, 0.05) is 38.1 Å². The molecule has 0 unspecified atom stereocenters. The van der Waals surface area contributed by atoms with E-state index >= 15 is 0 Å². The predicted octanol–water partition coefficient (Wildman–Crippen LogP) is -2.62. The van der Waals surface area contributed by atoms with Crippen LogP contribution >= 0.6 is 0 Å². The Morgan fingerprint density at radius 3 is 0.364 bits per heavy atom. The standard InChI is InChI=1S/Fe.Mo.4H2O4S/c;;4*1-5(2,3)4/h;;4*(H2,1,2,3,4). The van der Waals surface area contributed by atoms with Crippen molar-refractivity contribution in [2.45, 2.75) is 0 Å². The molecule has 0 saturated heterocycles. The molecule has 0 aliphatic carbocycles. The molecule has 22 heteroatoms. The van der Waals surface area contributed by atoms with E-state index in [1.165, 1.54) is 0 Å². The number of hydrogen-bond acceptors (Lipinski definition) is 8. The fourth-order valence-corrected chi connectivity index (χ4v) is 0. The molecule has 142 valence electrons. The van der Waals surface area contributed by atoms with E-state index in [0.29, 0.717) is 0 Å². The first kappa shape index (κ1) is 38.3. The van der Waals surface area contributed by atoms with E-state index in [0.717, 1.165) is 0 Å². The monoisotopic (exact) mass is 546 g/mol. The molecular formula is H8FeMoO16S4. The van der Waals surface area contributed by atoms with Crippen LogP contribution in [0.5, 0.6) is 0 Å². The van der Waals surface area contributed by atoms with E-state index in [1.807, 2.05) is 0 Å². The van der Waals surface area contributed by atoms with Crippen molar-refractivity contribution in [3.63, 3.8) is 0 Å². The predicted molar refractivity (Wildman–Crippen MR) is 56.7 cm³/mol. The Kier molecular flexibility index (Phi) is 26.5.